The number of likely N-dealkylation sites (tertiary alicyclic amines) is 1. The molecule has 2 rings (SSSR count). The van der Waals surface area contributed by atoms with Gasteiger partial charge in [0.25, 0.3) is 0 Å². The van der Waals surface area contributed by atoms with E-state index in [9.17, 15) is 4.79 Å². The molecule has 0 aromatic carbocycles. The first-order valence-corrected chi connectivity index (χ1v) is 6.08. The first kappa shape index (κ1) is 12.3. The van der Waals surface area contributed by atoms with Gasteiger partial charge in [-0.15, -0.1) is 0 Å². The van der Waals surface area contributed by atoms with Crippen molar-refractivity contribution >= 4 is 17.6 Å². The normalized spacial score (nSPS) is 21.4. The van der Waals surface area contributed by atoms with Gasteiger partial charge in [0, 0.05) is 19.3 Å². The van der Waals surface area contributed by atoms with Crippen molar-refractivity contribution in [2.45, 2.75) is 19.4 Å². The van der Waals surface area contributed by atoms with Gasteiger partial charge < -0.3 is 5.11 Å². The summed E-state index contributed by atoms with van der Waals surface area (Å²) in [5.41, 5.74) is 1.07. The van der Waals surface area contributed by atoms with Gasteiger partial charge in [0.05, 0.1) is 5.92 Å². The van der Waals surface area contributed by atoms with Crippen LogP contribution in [0.1, 0.15) is 18.4 Å². The minimum Gasteiger partial charge on any atom is -0.481 e. The molecule has 0 amide bonds. The van der Waals surface area contributed by atoms with E-state index in [2.05, 4.69) is 9.88 Å². The molecule has 0 unspecified atom stereocenters. The fourth-order valence-corrected chi connectivity index (χ4v) is 2.27. The number of aromatic nitrogens is 1. The van der Waals surface area contributed by atoms with Crippen LogP contribution in [-0.2, 0) is 11.3 Å². The van der Waals surface area contributed by atoms with Gasteiger partial charge in [-0.1, -0.05) is 17.7 Å². The van der Waals surface area contributed by atoms with E-state index in [1.807, 2.05) is 6.07 Å². The summed E-state index contributed by atoms with van der Waals surface area (Å²) in [4.78, 5) is 17.1. The third-order valence-corrected chi connectivity index (χ3v) is 3.27. The van der Waals surface area contributed by atoms with Gasteiger partial charge in [-0.05, 0) is 31.0 Å². The maximum atomic E-state index is 10.9. The van der Waals surface area contributed by atoms with Crippen molar-refractivity contribution in [2.24, 2.45) is 5.92 Å². The first-order chi connectivity index (χ1) is 8.15. The number of hydrogen-bond donors (Lipinski definition) is 1. The van der Waals surface area contributed by atoms with Crippen LogP contribution in [0.4, 0.5) is 0 Å². The largest absolute Gasteiger partial charge is 0.481 e. The minimum atomic E-state index is -0.691. The molecule has 17 heavy (non-hydrogen) atoms. The van der Waals surface area contributed by atoms with E-state index < -0.39 is 5.97 Å². The van der Waals surface area contributed by atoms with Crippen molar-refractivity contribution in [2.75, 3.05) is 13.1 Å². The van der Waals surface area contributed by atoms with E-state index in [4.69, 9.17) is 16.7 Å². The number of carboxylic acids is 1. The monoisotopic (exact) mass is 254 g/mol. The van der Waals surface area contributed by atoms with Gasteiger partial charge in [0.15, 0.2) is 0 Å². The molecule has 1 aliphatic rings. The number of hydrogen-bond acceptors (Lipinski definition) is 3. The van der Waals surface area contributed by atoms with Crippen molar-refractivity contribution < 1.29 is 9.90 Å². The number of nitrogens with zero attached hydrogens (tertiary/aromatic N) is 2. The first-order valence-electron chi connectivity index (χ1n) is 5.71. The Hall–Kier alpha value is -1.13. The van der Waals surface area contributed by atoms with E-state index in [1.165, 1.54) is 0 Å². The number of piperidine rings is 1. The van der Waals surface area contributed by atoms with Gasteiger partial charge in [0.2, 0.25) is 0 Å². The molecule has 1 atom stereocenters. The van der Waals surface area contributed by atoms with Crippen molar-refractivity contribution in [3.63, 3.8) is 0 Å². The molecule has 0 spiro atoms. The van der Waals surface area contributed by atoms with Crippen molar-refractivity contribution in [3.8, 4) is 0 Å². The molecule has 1 fully saturated rings. The van der Waals surface area contributed by atoms with Gasteiger partial charge in [-0.3, -0.25) is 9.69 Å². The van der Waals surface area contributed by atoms with Crippen LogP contribution in [0.2, 0.25) is 5.15 Å². The zero-order valence-electron chi connectivity index (χ0n) is 9.47. The number of carboxylic acid groups (broad SMARTS) is 1. The molecule has 1 aromatic rings. The molecule has 4 nitrogen and oxygen atoms in total. The number of aliphatic carboxylic acids is 1. The molecule has 0 bridgehead atoms. The lowest BCUT2D eigenvalue weighted by Crippen LogP contribution is -2.38. The van der Waals surface area contributed by atoms with Gasteiger partial charge in [-0.25, -0.2) is 4.98 Å². The van der Waals surface area contributed by atoms with Crippen LogP contribution in [0.25, 0.3) is 0 Å². The molecule has 2 heterocycles. The highest BCUT2D eigenvalue weighted by Gasteiger charge is 2.25. The van der Waals surface area contributed by atoms with E-state index >= 15 is 0 Å². The third-order valence-electron chi connectivity index (χ3n) is 3.05. The third kappa shape index (κ3) is 3.41. The number of rotatable bonds is 3. The molecule has 1 aromatic heterocycles. The Bertz CT molecular complexity index is 394. The maximum Gasteiger partial charge on any atom is 0.307 e. The minimum absolute atomic E-state index is 0.232. The lowest BCUT2D eigenvalue weighted by atomic mass is 9.98. The summed E-state index contributed by atoms with van der Waals surface area (Å²) < 4.78 is 0. The Labute approximate surface area is 105 Å². The van der Waals surface area contributed by atoms with Crippen molar-refractivity contribution in [1.29, 1.82) is 0 Å². The quantitative estimate of drug-likeness (QED) is 0.839. The van der Waals surface area contributed by atoms with Crippen LogP contribution in [0.15, 0.2) is 18.3 Å². The molecular formula is C12H15ClN2O2. The average Bonchev–Trinajstić information content (AvgIpc) is 2.32. The molecule has 1 N–H and O–H groups in total. The molecule has 5 heteroatoms. The summed E-state index contributed by atoms with van der Waals surface area (Å²) >= 11 is 5.72. The Morgan fingerprint density at radius 1 is 1.59 bits per heavy atom. The SMILES string of the molecule is O=C(O)[C@@H]1CCCN(Cc2ccc(Cl)nc2)C1. The van der Waals surface area contributed by atoms with E-state index in [1.54, 1.807) is 12.3 Å². The standard InChI is InChI=1S/C12H15ClN2O2/c13-11-4-3-9(6-14-11)7-15-5-1-2-10(8-15)12(16)17/h3-4,6,10H,1-2,5,7-8H2,(H,16,17)/t10-/m1/s1. The van der Waals surface area contributed by atoms with Crippen LogP contribution >= 0.6 is 11.6 Å². The van der Waals surface area contributed by atoms with E-state index in [0.717, 1.165) is 31.5 Å². The molecule has 92 valence electrons. The second-order valence-electron chi connectivity index (χ2n) is 4.40. The number of pyridine rings is 1. The van der Waals surface area contributed by atoms with Crippen LogP contribution in [0.5, 0.6) is 0 Å². The number of halogens is 1. The Morgan fingerprint density at radius 3 is 3.06 bits per heavy atom. The van der Waals surface area contributed by atoms with Crippen LogP contribution in [0.3, 0.4) is 0 Å². The summed E-state index contributed by atoms with van der Waals surface area (Å²) in [5.74, 6) is -0.923. The van der Waals surface area contributed by atoms with E-state index in [0.29, 0.717) is 11.7 Å². The zero-order chi connectivity index (χ0) is 12.3. The summed E-state index contributed by atoms with van der Waals surface area (Å²) in [7, 11) is 0. The van der Waals surface area contributed by atoms with Crippen molar-refractivity contribution in [3.05, 3.63) is 29.0 Å². The van der Waals surface area contributed by atoms with Crippen LogP contribution in [-0.4, -0.2) is 34.0 Å². The second kappa shape index (κ2) is 5.47. The fourth-order valence-electron chi connectivity index (χ4n) is 2.16. The van der Waals surface area contributed by atoms with Crippen LogP contribution < -0.4 is 0 Å². The summed E-state index contributed by atoms with van der Waals surface area (Å²) in [6, 6.07) is 3.69. The smallest absolute Gasteiger partial charge is 0.307 e. The maximum absolute atomic E-state index is 10.9. The highest BCUT2D eigenvalue weighted by Crippen LogP contribution is 2.18. The second-order valence-corrected chi connectivity index (χ2v) is 4.79. The summed E-state index contributed by atoms with van der Waals surface area (Å²) in [6.07, 6.45) is 3.47. The topological polar surface area (TPSA) is 53.4 Å². The predicted octanol–water partition coefficient (Wildman–Crippen LogP) is 2.03. The molecule has 1 aliphatic heterocycles. The zero-order valence-corrected chi connectivity index (χ0v) is 10.2. The highest BCUT2D eigenvalue weighted by atomic mass is 35.5. The molecular weight excluding hydrogens is 240 g/mol. The van der Waals surface area contributed by atoms with Gasteiger partial charge in [0.1, 0.15) is 5.15 Å². The van der Waals surface area contributed by atoms with Gasteiger partial charge in [-0.2, -0.15) is 0 Å². The molecule has 0 aliphatic carbocycles. The fraction of sp³-hybridized carbons (Fsp3) is 0.500. The molecule has 0 saturated carbocycles. The number of carbonyl (C=O) groups is 1. The highest BCUT2D eigenvalue weighted by molar-refractivity contribution is 6.29. The Balaban J connectivity index is 1.94. The lowest BCUT2D eigenvalue weighted by Gasteiger charge is -2.30. The predicted molar refractivity (Wildman–Crippen MR) is 64.9 cm³/mol. The molecule has 1 saturated heterocycles. The van der Waals surface area contributed by atoms with Crippen molar-refractivity contribution in [1.82, 2.24) is 9.88 Å². The Kier molecular flexibility index (Phi) is 3.97. The van der Waals surface area contributed by atoms with Crippen LogP contribution in [0, 0.1) is 5.92 Å². The summed E-state index contributed by atoms with van der Waals surface area (Å²) in [5, 5.41) is 9.48. The molecule has 0 radical (unpaired) electrons. The van der Waals surface area contributed by atoms with Gasteiger partial charge >= 0.3 is 5.97 Å². The lowest BCUT2D eigenvalue weighted by molar-refractivity contribution is -0.143. The summed E-state index contributed by atoms with van der Waals surface area (Å²) in [6.45, 7) is 2.32. The average molecular weight is 255 g/mol. The Morgan fingerprint density at radius 2 is 2.41 bits per heavy atom. The van der Waals surface area contributed by atoms with E-state index in [-0.39, 0.29) is 5.92 Å².